The number of carbonyl (C=O) groups is 2. The van der Waals surface area contributed by atoms with Crippen LogP contribution in [0, 0.1) is 11.3 Å². The Balaban J connectivity index is 2.26. The van der Waals surface area contributed by atoms with Crippen LogP contribution in [0.15, 0.2) is 58.6 Å². The predicted octanol–water partition coefficient (Wildman–Crippen LogP) is 3.55. The second-order valence-electron chi connectivity index (χ2n) is 5.04. The number of anilines is 1. The maximum Gasteiger partial charge on any atom is 0.343 e. The number of hydrogen-bond acceptors (Lipinski definition) is 5. The molecule has 0 radical (unpaired) electrons. The van der Waals surface area contributed by atoms with Gasteiger partial charge in [-0.25, -0.2) is 4.79 Å². The quantitative estimate of drug-likeness (QED) is 0.443. The van der Waals surface area contributed by atoms with Gasteiger partial charge >= 0.3 is 5.97 Å². The van der Waals surface area contributed by atoms with Crippen LogP contribution in [0.25, 0.3) is 6.08 Å². The van der Waals surface area contributed by atoms with Crippen LogP contribution in [-0.2, 0) is 14.3 Å². The number of nitrogens with zero attached hydrogens (tertiary/aromatic N) is 1. The van der Waals surface area contributed by atoms with Crippen LogP contribution in [0.5, 0.6) is 5.75 Å². The summed E-state index contributed by atoms with van der Waals surface area (Å²) in [5.41, 5.74) is 0.952. The third kappa shape index (κ3) is 5.46. The van der Waals surface area contributed by atoms with Crippen molar-refractivity contribution in [3.8, 4) is 11.8 Å². The van der Waals surface area contributed by atoms with Gasteiger partial charge < -0.3 is 14.8 Å². The minimum atomic E-state index is -0.544. The van der Waals surface area contributed by atoms with Crippen LogP contribution in [-0.4, -0.2) is 25.6 Å². The Labute approximate surface area is 159 Å². The smallest absolute Gasteiger partial charge is 0.343 e. The molecule has 0 bridgehead atoms. The van der Waals surface area contributed by atoms with Gasteiger partial charge in [-0.05, 0) is 36.4 Å². The molecule has 132 valence electrons. The van der Waals surface area contributed by atoms with E-state index < -0.39 is 11.9 Å². The van der Waals surface area contributed by atoms with Crippen molar-refractivity contribution in [1.29, 1.82) is 5.26 Å². The summed E-state index contributed by atoms with van der Waals surface area (Å²) in [5.74, 6) is -0.735. The number of carbonyl (C=O) groups excluding carboxylic acids is 2. The molecule has 1 N–H and O–H groups in total. The molecule has 2 aromatic carbocycles. The molecule has 0 aliphatic heterocycles. The second kappa shape index (κ2) is 9.39. The number of rotatable bonds is 6. The van der Waals surface area contributed by atoms with E-state index >= 15 is 0 Å². The van der Waals surface area contributed by atoms with Crippen molar-refractivity contribution in [2.45, 2.75) is 0 Å². The number of nitrogens with one attached hydrogen (secondary N) is 1. The van der Waals surface area contributed by atoms with E-state index in [4.69, 9.17) is 4.74 Å². The van der Waals surface area contributed by atoms with Crippen molar-refractivity contribution in [1.82, 2.24) is 0 Å². The van der Waals surface area contributed by atoms with Crippen LogP contribution < -0.4 is 10.1 Å². The van der Waals surface area contributed by atoms with Crippen molar-refractivity contribution in [2.75, 3.05) is 19.0 Å². The number of nitriles is 1. The molecule has 2 rings (SSSR count). The predicted molar refractivity (Wildman–Crippen MR) is 100 cm³/mol. The molecule has 7 heteroatoms. The van der Waals surface area contributed by atoms with Gasteiger partial charge in [-0.15, -0.1) is 0 Å². The average molecular weight is 415 g/mol. The second-order valence-corrected chi connectivity index (χ2v) is 5.95. The molecule has 0 unspecified atom stereocenters. The Bertz CT molecular complexity index is 873. The van der Waals surface area contributed by atoms with E-state index in [1.54, 1.807) is 42.5 Å². The molecule has 0 saturated heterocycles. The lowest BCUT2D eigenvalue weighted by molar-refractivity contribution is -0.142. The number of para-hydroxylation sites is 1. The minimum absolute atomic E-state index is 0.102. The zero-order valence-electron chi connectivity index (χ0n) is 13.9. The minimum Gasteiger partial charge on any atom is -0.481 e. The maximum absolute atomic E-state index is 12.3. The number of halogens is 1. The number of esters is 1. The lowest BCUT2D eigenvalue weighted by atomic mass is 10.1. The van der Waals surface area contributed by atoms with Gasteiger partial charge in [0.2, 0.25) is 0 Å². The zero-order chi connectivity index (χ0) is 18.9. The van der Waals surface area contributed by atoms with E-state index in [0.29, 0.717) is 17.0 Å². The van der Waals surface area contributed by atoms with Crippen LogP contribution in [0.2, 0.25) is 0 Å². The first kappa shape index (κ1) is 19.2. The fourth-order valence-corrected chi connectivity index (χ4v) is 2.36. The van der Waals surface area contributed by atoms with E-state index in [1.165, 1.54) is 13.2 Å². The Morgan fingerprint density at radius 1 is 1.23 bits per heavy atom. The maximum atomic E-state index is 12.3. The number of amides is 1. The number of hydrogen-bond donors (Lipinski definition) is 1. The van der Waals surface area contributed by atoms with Crippen molar-refractivity contribution in [3.05, 3.63) is 64.1 Å². The summed E-state index contributed by atoms with van der Waals surface area (Å²) in [4.78, 5) is 23.6. The molecule has 26 heavy (non-hydrogen) atoms. The summed E-state index contributed by atoms with van der Waals surface area (Å²) in [6, 6.07) is 15.7. The Morgan fingerprint density at radius 2 is 1.96 bits per heavy atom. The largest absolute Gasteiger partial charge is 0.481 e. The molecule has 0 aromatic heterocycles. The number of methoxy groups -OCH3 is 1. The van der Waals surface area contributed by atoms with E-state index in [1.807, 2.05) is 12.1 Å². The lowest BCUT2D eigenvalue weighted by Crippen LogP contribution is -2.14. The van der Waals surface area contributed by atoms with Gasteiger partial charge in [0.1, 0.15) is 17.4 Å². The van der Waals surface area contributed by atoms with Gasteiger partial charge in [-0.2, -0.15) is 5.26 Å². The third-order valence-electron chi connectivity index (χ3n) is 3.24. The summed E-state index contributed by atoms with van der Waals surface area (Å²) < 4.78 is 10.7. The average Bonchev–Trinajstić information content (AvgIpc) is 2.65. The van der Waals surface area contributed by atoms with Gasteiger partial charge in [0.05, 0.1) is 7.11 Å². The summed E-state index contributed by atoms with van der Waals surface area (Å²) >= 11 is 3.33. The summed E-state index contributed by atoms with van der Waals surface area (Å²) in [6.07, 6.45) is 1.40. The van der Waals surface area contributed by atoms with Gasteiger partial charge in [0, 0.05) is 15.7 Å². The first-order valence-corrected chi connectivity index (χ1v) is 8.30. The highest BCUT2D eigenvalue weighted by atomic mass is 79.9. The Hall–Kier alpha value is -3.11. The molecule has 0 saturated carbocycles. The van der Waals surface area contributed by atoms with E-state index in [2.05, 4.69) is 26.0 Å². The van der Waals surface area contributed by atoms with Crippen molar-refractivity contribution < 1.29 is 19.1 Å². The lowest BCUT2D eigenvalue weighted by Gasteiger charge is -2.09. The van der Waals surface area contributed by atoms with Gasteiger partial charge in [0.25, 0.3) is 5.91 Å². The van der Waals surface area contributed by atoms with Crippen molar-refractivity contribution in [2.24, 2.45) is 0 Å². The fourth-order valence-electron chi connectivity index (χ4n) is 1.98. The highest BCUT2D eigenvalue weighted by molar-refractivity contribution is 9.10. The molecule has 2 aromatic rings. The zero-order valence-corrected chi connectivity index (χ0v) is 15.4. The fraction of sp³-hybridized carbons (Fsp3) is 0.105. The molecule has 0 aliphatic rings. The first-order valence-electron chi connectivity index (χ1n) is 7.51. The monoisotopic (exact) mass is 414 g/mol. The highest BCUT2D eigenvalue weighted by Gasteiger charge is 2.12. The van der Waals surface area contributed by atoms with Crippen LogP contribution in [0.4, 0.5) is 5.69 Å². The van der Waals surface area contributed by atoms with E-state index in [9.17, 15) is 14.9 Å². The van der Waals surface area contributed by atoms with Gasteiger partial charge in [-0.3, -0.25) is 4.79 Å². The number of ether oxygens (including phenoxy) is 2. The molecule has 0 atom stereocenters. The molecule has 0 heterocycles. The Morgan fingerprint density at radius 3 is 2.62 bits per heavy atom. The van der Waals surface area contributed by atoms with Gasteiger partial charge in [-0.1, -0.05) is 34.1 Å². The molecular weight excluding hydrogens is 400 g/mol. The molecule has 0 fully saturated rings. The summed E-state index contributed by atoms with van der Waals surface area (Å²) in [5, 5.41) is 12.0. The standard InChI is InChI=1S/C19H15BrN2O4/c1-25-18(23)12-26-17-8-7-15(20)10-13(17)9-14(11-21)19(24)22-16-5-3-2-4-6-16/h2-10H,12H2,1H3,(H,22,24)/b14-9+. The van der Waals surface area contributed by atoms with Crippen LogP contribution in [0.1, 0.15) is 5.56 Å². The van der Waals surface area contributed by atoms with Crippen molar-refractivity contribution in [3.63, 3.8) is 0 Å². The molecular formula is C19H15BrN2O4. The van der Waals surface area contributed by atoms with Gasteiger partial charge in [0.15, 0.2) is 6.61 Å². The third-order valence-corrected chi connectivity index (χ3v) is 3.73. The van der Waals surface area contributed by atoms with E-state index in [0.717, 1.165) is 4.47 Å². The van der Waals surface area contributed by atoms with Crippen LogP contribution >= 0.6 is 15.9 Å². The molecule has 6 nitrogen and oxygen atoms in total. The molecule has 1 amide bonds. The molecule has 0 spiro atoms. The first-order chi connectivity index (χ1) is 12.5. The van der Waals surface area contributed by atoms with E-state index in [-0.39, 0.29) is 12.2 Å². The van der Waals surface area contributed by atoms with Crippen molar-refractivity contribution >= 4 is 39.6 Å². The topological polar surface area (TPSA) is 88.4 Å². The Kier molecular flexibility index (Phi) is 6.94. The summed E-state index contributed by atoms with van der Waals surface area (Å²) in [7, 11) is 1.26. The summed E-state index contributed by atoms with van der Waals surface area (Å²) in [6.45, 7) is -0.281. The normalized spacial score (nSPS) is 10.6. The van der Waals surface area contributed by atoms with Crippen LogP contribution in [0.3, 0.4) is 0 Å². The SMILES string of the molecule is COC(=O)COc1ccc(Br)cc1/C=C(\C#N)C(=O)Nc1ccccc1. The highest BCUT2D eigenvalue weighted by Crippen LogP contribution is 2.26. The molecule has 0 aliphatic carbocycles. The number of benzene rings is 2.